The topological polar surface area (TPSA) is 44.9 Å². The van der Waals surface area contributed by atoms with E-state index in [9.17, 15) is 4.79 Å². The normalized spacial score (nSPS) is 22.8. The number of aryl methyl sites for hydroxylation is 1. The highest BCUT2D eigenvalue weighted by atomic mass is 35.5. The number of aromatic nitrogens is 1. The molecule has 0 bridgehead atoms. The molecule has 0 saturated carbocycles. The molecule has 0 aliphatic heterocycles. The molecule has 0 radical (unpaired) electrons. The van der Waals surface area contributed by atoms with Crippen LogP contribution >= 0.6 is 23.2 Å². The van der Waals surface area contributed by atoms with Crippen molar-refractivity contribution >= 4 is 40.0 Å². The summed E-state index contributed by atoms with van der Waals surface area (Å²) in [7, 11) is 0. The van der Waals surface area contributed by atoms with Gasteiger partial charge in [-0.05, 0) is 55.7 Å². The lowest BCUT2D eigenvalue weighted by atomic mass is 9.91. The van der Waals surface area contributed by atoms with Gasteiger partial charge >= 0.3 is 0 Å². The van der Waals surface area contributed by atoms with Crippen molar-refractivity contribution in [3.05, 3.63) is 45.6 Å². The van der Waals surface area contributed by atoms with Crippen molar-refractivity contribution in [2.75, 3.05) is 0 Å². The molecule has 1 aromatic heterocycles. The Kier molecular flexibility index (Phi) is 4.31. The maximum absolute atomic E-state index is 12.3. The number of aromatic amines is 1. The van der Waals surface area contributed by atoms with E-state index in [0.29, 0.717) is 22.4 Å². The van der Waals surface area contributed by atoms with Gasteiger partial charge in [-0.1, -0.05) is 35.4 Å². The van der Waals surface area contributed by atoms with Crippen molar-refractivity contribution in [2.24, 2.45) is 5.92 Å². The maximum atomic E-state index is 12.3. The summed E-state index contributed by atoms with van der Waals surface area (Å²) >= 11 is 12.5. The van der Waals surface area contributed by atoms with E-state index >= 15 is 0 Å². The Morgan fingerprint density at radius 3 is 2.96 bits per heavy atom. The molecule has 3 nitrogen and oxygen atoms in total. The number of hydrogen-bond donors (Lipinski definition) is 2. The average molecular weight is 363 g/mol. The molecule has 24 heavy (non-hydrogen) atoms. The summed E-state index contributed by atoms with van der Waals surface area (Å²) in [6.07, 6.45) is 9.84. The van der Waals surface area contributed by atoms with E-state index in [1.54, 1.807) is 6.07 Å². The smallest absolute Gasteiger partial charge is 0.220 e. The van der Waals surface area contributed by atoms with Crippen LogP contribution in [0.1, 0.15) is 36.9 Å². The van der Waals surface area contributed by atoms with Crippen molar-refractivity contribution in [3.63, 3.8) is 0 Å². The zero-order chi connectivity index (χ0) is 16.7. The van der Waals surface area contributed by atoms with Crippen LogP contribution in [0.15, 0.2) is 24.3 Å². The molecule has 0 unspecified atom stereocenters. The second kappa shape index (κ2) is 6.45. The van der Waals surface area contributed by atoms with Crippen molar-refractivity contribution in [1.29, 1.82) is 0 Å². The third kappa shape index (κ3) is 3.07. The van der Waals surface area contributed by atoms with E-state index in [0.717, 1.165) is 43.0 Å². The van der Waals surface area contributed by atoms with Gasteiger partial charge < -0.3 is 10.3 Å². The fraction of sp³-hybridized carbons (Fsp3) is 0.421. The standard InChI is InChI=1S/C19H20Cl2N2O/c20-12-8-15(21)19-14-10-13(5-6-16(14)23-17(19)9-12)22-18(24)7-11-3-1-2-4-11/h1,3,8-9,11,13,23H,2,4-7,10H2,(H,22,24)/t11-,13+/m0/s1. The van der Waals surface area contributed by atoms with Gasteiger partial charge in [-0.15, -0.1) is 0 Å². The number of nitrogens with one attached hydrogen (secondary N) is 2. The van der Waals surface area contributed by atoms with Gasteiger partial charge in [0.15, 0.2) is 0 Å². The van der Waals surface area contributed by atoms with E-state index < -0.39 is 0 Å². The van der Waals surface area contributed by atoms with Gasteiger partial charge in [0.2, 0.25) is 5.91 Å². The minimum absolute atomic E-state index is 0.161. The fourth-order valence-electron chi connectivity index (χ4n) is 3.99. The highest BCUT2D eigenvalue weighted by Crippen LogP contribution is 2.36. The molecular weight excluding hydrogens is 343 g/mol. The predicted octanol–water partition coefficient (Wildman–Crippen LogP) is 4.80. The van der Waals surface area contributed by atoms with E-state index in [1.807, 2.05) is 6.07 Å². The zero-order valence-electron chi connectivity index (χ0n) is 13.4. The molecule has 2 atom stereocenters. The summed E-state index contributed by atoms with van der Waals surface area (Å²) in [6.45, 7) is 0. The molecule has 0 spiro atoms. The number of allylic oxidation sites excluding steroid dienone is 2. The van der Waals surface area contributed by atoms with Gasteiger partial charge in [-0.2, -0.15) is 0 Å². The average Bonchev–Trinajstić information content (AvgIpc) is 3.13. The van der Waals surface area contributed by atoms with Crippen molar-refractivity contribution in [2.45, 2.75) is 44.6 Å². The Balaban J connectivity index is 1.50. The van der Waals surface area contributed by atoms with E-state index in [-0.39, 0.29) is 11.9 Å². The maximum Gasteiger partial charge on any atom is 0.220 e. The summed E-state index contributed by atoms with van der Waals surface area (Å²) in [4.78, 5) is 15.7. The van der Waals surface area contributed by atoms with Crippen LogP contribution in [0.5, 0.6) is 0 Å². The summed E-state index contributed by atoms with van der Waals surface area (Å²) in [6, 6.07) is 3.89. The predicted molar refractivity (Wildman–Crippen MR) is 98.8 cm³/mol. The molecule has 1 amide bonds. The largest absolute Gasteiger partial charge is 0.358 e. The Hall–Kier alpha value is -1.45. The first-order valence-electron chi connectivity index (χ1n) is 8.54. The van der Waals surface area contributed by atoms with Gasteiger partial charge in [0, 0.05) is 34.1 Å². The van der Waals surface area contributed by atoms with E-state index in [2.05, 4.69) is 22.5 Å². The van der Waals surface area contributed by atoms with Gasteiger partial charge in [0.25, 0.3) is 0 Å². The van der Waals surface area contributed by atoms with Gasteiger partial charge in [-0.3, -0.25) is 4.79 Å². The van der Waals surface area contributed by atoms with Crippen LogP contribution in [-0.2, 0) is 17.6 Å². The molecule has 1 aromatic carbocycles. The number of benzene rings is 1. The molecule has 0 saturated heterocycles. The number of H-pyrrole nitrogens is 1. The Labute approximate surface area is 151 Å². The highest BCUT2D eigenvalue weighted by molar-refractivity contribution is 6.38. The third-order valence-electron chi connectivity index (χ3n) is 5.13. The second-order valence-corrected chi connectivity index (χ2v) is 7.71. The Morgan fingerprint density at radius 2 is 2.17 bits per heavy atom. The molecule has 4 rings (SSSR count). The van der Waals surface area contributed by atoms with Crippen LogP contribution in [0.3, 0.4) is 0 Å². The lowest BCUT2D eigenvalue weighted by molar-refractivity contribution is -0.122. The van der Waals surface area contributed by atoms with Crippen LogP contribution in [0.2, 0.25) is 10.0 Å². The molecule has 1 heterocycles. The lowest BCUT2D eigenvalue weighted by Gasteiger charge is -2.24. The minimum Gasteiger partial charge on any atom is -0.358 e. The number of amides is 1. The van der Waals surface area contributed by atoms with E-state index in [1.165, 1.54) is 11.3 Å². The monoisotopic (exact) mass is 362 g/mol. The first-order chi connectivity index (χ1) is 11.6. The van der Waals surface area contributed by atoms with Gasteiger partial charge in [0.1, 0.15) is 0 Å². The summed E-state index contributed by atoms with van der Waals surface area (Å²) in [5.41, 5.74) is 3.43. The number of carbonyl (C=O) groups excluding carboxylic acids is 1. The summed E-state index contributed by atoms with van der Waals surface area (Å²) < 4.78 is 0. The molecule has 5 heteroatoms. The van der Waals surface area contributed by atoms with E-state index in [4.69, 9.17) is 23.2 Å². The molecule has 2 aliphatic rings. The first-order valence-corrected chi connectivity index (χ1v) is 9.30. The quantitative estimate of drug-likeness (QED) is 0.756. The zero-order valence-corrected chi connectivity index (χ0v) is 14.9. The number of rotatable bonds is 3. The molecule has 2 N–H and O–H groups in total. The summed E-state index contributed by atoms with van der Waals surface area (Å²) in [5.74, 6) is 0.572. The minimum atomic E-state index is 0.161. The second-order valence-electron chi connectivity index (χ2n) is 6.87. The van der Waals surface area contributed by atoms with Crippen LogP contribution in [-0.4, -0.2) is 16.9 Å². The Morgan fingerprint density at radius 1 is 1.29 bits per heavy atom. The number of halogens is 2. The third-order valence-corrected chi connectivity index (χ3v) is 5.64. The molecular formula is C19H20Cl2N2O. The molecule has 2 aliphatic carbocycles. The lowest BCUT2D eigenvalue weighted by Crippen LogP contribution is -2.39. The molecule has 0 fully saturated rings. The molecule has 126 valence electrons. The fourth-order valence-corrected chi connectivity index (χ4v) is 4.59. The Bertz CT molecular complexity index is 824. The number of hydrogen-bond acceptors (Lipinski definition) is 1. The van der Waals surface area contributed by atoms with Gasteiger partial charge in [0.05, 0.1) is 5.02 Å². The van der Waals surface area contributed by atoms with Crippen molar-refractivity contribution < 1.29 is 4.79 Å². The van der Waals surface area contributed by atoms with Crippen molar-refractivity contribution in [1.82, 2.24) is 10.3 Å². The summed E-state index contributed by atoms with van der Waals surface area (Å²) in [5, 5.41) is 5.58. The van der Waals surface area contributed by atoms with Crippen LogP contribution in [0.4, 0.5) is 0 Å². The highest BCUT2D eigenvalue weighted by Gasteiger charge is 2.25. The van der Waals surface area contributed by atoms with Crippen LogP contribution in [0.25, 0.3) is 10.9 Å². The van der Waals surface area contributed by atoms with Crippen LogP contribution < -0.4 is 5.32 Å². The molecule has 2 aromatic rings. The first kappa shape index (κ1) is 16.0. The number of carbonyl (C=O) groups is 1. The van der Waals surface area contributed by atoms with Crippen LogP contribution in [0, 0.1) is 5.92 Å². The number of fused-ring (bicyclic) bond motifs is 3. The van der Waals surface area contributed by atoms with Gasteiger partial charge in [-0.25, -0.2) is 0 Å². The van der Waals surface area contributed by atoms with Crippen molar-refractivity contribution in [3.8, 4) is 0 Å². The SMILES string of the molecule is O=C(C[C@H]1C=CCC1)N[C@@H]1CCc2[nH]c3cc(Cl)cc(Cl)c3c2C1.